The maximum atomic E-state index is 12.7. The summed E-state index contributed by atoms with van der Waals surface area (Å²) in [6.07, 6.45) is 1.70. The molecule has 1 aromatic carbocycles. The molecule has 0 bridgehead atoms. The van der Waals surface area contributed by atoms with Crippen molar-refractivity contribution in [3.05, 3.63) is 76.3 Å². The zero-order chi connectivity index (χ0) is 25.7. The van der Waals surface area contributed by atoms with E-state index in [0.29, 0.717) is 33.8 Å². The van der Waals surface area contributed by atoms with Crippen molar-refractivity contribution in [3.8, 4) is 11.3 Å². The van der Waals surface area contributed by atoms with Crippen molar-refractivity contribution in [2.45, 2.75) is 32.7 Å². The summed E-state index contributed by atoms with van der Waals surface area (Å²) in [5.41, 5.74) is 0.902. The third-order valence-corrected chi connectivity index (χ3v) is 5.64. The van der Waals surface area contributed by atoms with Crippen LogP contribution in [0.4, 0.5) is 4.79 Å². The van der Waals surface area contributed by atoms with Crippen molar-refractivity contribution < 1.29 is 32.7 Å². The van der Waals surface area contributed by atoms with E-state index in [1.807, 2.05) is 12.1 Å². The highest BCUT2D eigenvalue weighted by Crippen LogP contribution is 2.30. The molecular weight excluding hydrogens is 490 g/mol. The molecule has 36 heavy (non-hydrogen) atoms. The van der Waals surface area contributed by atoms with E-state index in [4.69, 9.17) is 29.9 Å². The number of esters is 2. The molecule has 2 aromatic heterocycles. The number of aryl methyl sites for hydroxylation is 2. The van der Waals surface area contributed by atoms with Crippen LogP contribution in [0.15, 0.2) is 62.7 Å². The molecule has 0 radical (unpaired) electrons. The van der Waals surface area contributed by atoms with E-state index >= 15 is 0 Å². The maximum absolute atomic E-state index is 12.7. The summed E-state index contributed by atoms with van der Waals surface area (Å²) in [5.74, 6) is 0.565. The van der Waals surface area contributed by atoms with E-state index in [1.165, 1.54) is 0 Å². The Labute approximate surface area is 211 Å². The quantitative estimate of drug-likeness (QED) is 0.406. The molecule has 0 spiro atoms. The number of amides is 2. The van der Waals surface area contributed by atoms with E-state index < -0.39 is 24.0 Å². The second-order valence-corrected chi connectivity index (χ2v) is 8.26. The summed E-state index contributed by atoms with van der Waals surface area (Å²) in [5, 5.41) is 5.71. The monoisotopic (exact) mass is 513 g/mol. The lowest BCUT2D eigenvalue weighted by Gasteiger charge is -2.27. The highest BCUT2D eigenvalue weighted by molar-refractivity contribution is 6.33. The average Bonchev–Trinajstić information content (AvgIpc) is 3.50. The van der Waals surface area contributed by atoms with Gasteiger partial charge in [-0.15, -0.1) is 0 Å². The molecule has 4 rings (SSSR count). The Bertz CT molecular complexity index is 1310. The highest BCUT2D eigenvalue weighted by Gasteiger charge is 2.36. The number of halogens is 1. The Morgan fingerprint density at radius 1 is 1.14 bits per heavy atom. The SMILES string of the molecule is CCOC(=O)C1=C(COC(=O)CCc2ncc(-c3ccccc3Cl)o2)NC(=O)N[C@H]1c1ccc(C)o1. The molecule has 0 fully saturated rings. The number of benzene rings is 1. The third-order valence-electron chi connectivity index (χ3n) is 5.31. The Kier molecular flexibility index (Phi) is 7.74. The van der Waals surface area contributed by atoms with Gasteiger partial charge in [-0.05, 0) is 38.1 Å². The molecule has 0 aliphatic carbocycles. The van der Waals surface area contributed by atoms with Gasteiger partial charge in [0.15, 0.2) is 11.7 Å². The molecule has 0 saturated carbocycles. The average molecular weight is 514 g/mol. The number of furan rings is 1. The smallest absolute Gasteiger partial charge is 0.338 e. The van der Waals surface area contributed by atoms with Crippen LogP contribution in [0.25, 0.3) is 11.3 Å². The number of oxazole rings is 1. The largest absolute Gasteiger partial charge is 0.464 e. The number of carbonyl (C=O) groups excluding carboxylic acids is 3. The molecule has 3 aromatic rings. The van der Waals surface area contributed by atoms with Gasteiger partial charge < -0.3 is 28.9 Å². The van der Waals surface area contributed by atoms with E-state index in [1.54, 1.807) is 44.3 Å². The topological polar surface area (TPSA) is 133 Å². The number of nitrogens with one attached hydrogen (secondary N) is 2. The number of nitrogens with zero attached hydrogens (tertiary/aromatic N) is 1. The van der Waals surface area contributed by atoms with Crippen molar-refractivity contribution in [1.82, 2.24) is 15.6 Å². The normalized spacial score (nSPS) is 15.3. The molecule has 0 unspecified atom stereocenters. The van der Waals surface area contributed by atoms with Crippen LogP contribution in [0.5, 0.6) is 0 Å². The molecule has 10 nitrogen and oxygen atoms in total. The molecule has 2 N–H and O–H groups in total. The number of hydrogen-bond donors (Lipinski definition) is 2. The van der Waals surface area contributed by atoms with Crippen LogP contribution < -0.4 is 10.6 Å². The van der Waals surface area contributed by atoms with E-state index in [-0.39, 0.29) is 37.3 Å². The summed E-state index contributed by atoms with van der Waals surface area (Å²) in [6.45, 7) is 3.19. The first-order valence-corrected chi connectivity index (χ1v) is 11.6. The van der Waals surface area contributed by atoms with Crippen LogP contribution >= 0.6 is 11.6 Å². The fourth-order valence-electron chi connectivity index (χ4n) is 3.65. The zero-order valence-corrected chi connectivity index (χ0v) is 20.4. The fourth-order valence-corrected chi connectivity index (χ4v) is 3.88. The summed E-state index contributed by atoms with van der Waals surface area (Å²) in [6, 6.07) is 9.10. The van der Waals surface area contributed by atoms with Crippen LogP contribution in [-0.4, -0.2) is 36.2 Å². The number of rotatable bonds is 9. The van der Waals surface area contributed by atoms with Gasteiger partial charge in [-0.1, -0.05) is 23.7 Å². The summed E-state index contributed by atoms with van der Waals surface area (Å²) in [7, 11) is 0. The molecule has 2 amide bonds. The van der Waals surface area contributed by atoms with Gasteiger partial charge in [0.1, 0.15) is 24.2 Å². The molecule has 1 aliphatic heterocycles. The summed E-state index contributed by atoms with van der Waals surface area (Å²) in [4.78, 5) is 41.6. The van der Waals surface area contributed by atoms with Gasteiger partial charge in [-0.2, -0.15) is 0 Å². The molecule has 1 atom stereocenters. The number of ether oxygens (including phenoxy) is 2. The van der Waals surface area contributed by atoms with Crippen LogP contribution in [0.2, 0.25) is 5.02 Å². The van der Waals surface area contributed by atoms with Crippen LogP contribution in [0.1, 0.15) is 36.8 Å². The van der Waals surface area contributed by atoms with Crippen molar-refractivity contribution in [3.63, 3.8) is 0 Å². The summed E-state index contributed by atoms with van der Waals surface area (Å²) >= 11 is 6.19. The van der Waals surface area contributed by atoms with Crippen molar-refractivity contribution in [1.29, 1.82) is 0 Å². The minimum absolute atomic E-state index is 0.0303. The first-order valence-electron chi connectivity index (χ1n) is 11.2. The predicted molar refractivity (Wildman–Crippen MR) is 128 cm³/mol. The Hall–Kier alpha value is -4.05. The molecule has 0 saturated heterocycles. The second-order valence-electron chi connectivity index (χ2n) is 7.85. The Morgan fingerprint density at radius 3 is 2.67 bits per heavy atom. The van der Waals surface area contributed by atoms with Gasteiger partial charge in [-0.3, -0.25) is 4.79 Å². The fraction of sp³-hybridized carbons (Fsp3) is 0.280. The lowest BCUT2D eigenvalue weighted by atomic mass is 10.0. The Morgan fingerprint density at radius 2 is 1.94 bits per heavy atom. The van der Waals surface area contributed by atoms with Crippen molar-refractivity contribution in [2.24, 2.45) is 0 Å². The van der Waals surface area contributed by atoms with E-state index in [9.17, 15) is 14.4 Å². The Balaban J connectivity index is 1.43. The first-order chi connectivity index (χ1) is 17.4. The zero-order valence-electron chi connectivity index (χ0n) is 19.6. The number of urea groups is 1. The highest BCUT2D eigenvalue weighted by atomic mass is 35.5. The van der Waals surface area contributed by atoms with Gasteiger partial charge in [0.25, 0.3) is 0 Å². The minimum Gasteiger partial charge on any atom is -0.464 e. The van der Waals surface area contributed by atoms with Gasteiger partial charge in [-0.25, -0.2) is 14.6 Å². The van der Waals surface area contributed by atoms with Crippen molar-refractivity contribution >= 4 is 29.6 Å². The first kappa shape index (κ1) is 25.1. The molecule has 3 heterocycles. The lowest BCUT2D eigenvalue weighted by Crippen LogP contribution is -2.47. The molecular formula is C25H24ClN3O7. The number of hydrogen-bond acceptors (Lipinski definition) is 8. The number of aromatic nitrogens is 1. The molecule has 1 aliphatic rings. The molecule has 11 heteroatoms. The van der Waals surface area contributed by atoms with Gasteiger partial charge in [0.2, 0.25) is 0 Å². The minimum atomic E-state index is -0.893. The maximum Gasteiger partial charge on any atom is 0.338 e. The van der Waals surface area contributed by atoms with Gasteiger partial charge >= 0.3 is 18.0 Å². The van der Waals surface area contributed by atoms with Crippen LogP contribution in [0.3, 0.4) is 0 Å². The summed E-state index contributed by atoms with van der Waals surface area (Å²) < 4.78 is 21.8. The van der Waals surface area contributed by atoms with Gasteiger partial charge in [0, 0.05) is 12.0 Å². The lowest BCUT2D eigenvalue weighted by molar-refractivity contribution is -0.143. The second kappa shape index (κ2) is 11.1. The molecule has 188 valence electrons. The predicted octanol–water partition coefficient (Wildman–Crippen LogP) is 4.24. The van der Waals surface area contributed by atoms with E-state index in [0.717, 1.165) is 0 Å². The van der Waals surface area contributed by atoms with Gasteiger partial charge in [0.05, 0.1) is 35.5 Å². The standard InChI is InChI=1S/C25H24ClN3O7/c1-3-33-24(31)22-17(28-25(32)29-23(22)18-9-8-14(2)35-18)13-34-21(30)11-10-20-27-12-19(36-20)15-6-4-5-7-16(15)26/h4-9,12,23H,3,10-11,13H2,1-2H3,(H2,28,29,32)/t23-/m0/s1. The third kappa shape index (κ3) is 5.77. The van der Waals surface area contributed by atoms with Crippen molar-refractivity contribution in [2.75, 3.05) is 13.2 Å². The van der Waals surface area contributed by atoms with Crippen LogP contribution in [0, 0.1) is 6.92 Å². The number of carbonyl (C=O) groups is 3. The van der Waals surface area contributed by atoms with E-state index in [2.05, 4.69) is 15.6 Å². The van der Waals surface area contributed by atoms with Crippen LogP contribution in [-0.2, 0) is 25.5 Å².